The monoisotopic (exact) mass is 279 g/mol. The van der Waals surface area contributed by atoms with Gasteiger partial charge in [-0.1, -0.05) is 13.8 Å². The molecule has 1 rings (SSSR count). The average Bonchev–Trinajstić information content (AvgIpc) is 2.43. The molecule has 20 heavy (non-hydrogen) atoms. The number of aryl methyl sites for hydroxylation is 1. The van der Waals surface area contributed by atoms with Gasteiger partial charge in [0.2, 0.25) is 5.91 Å². The van der Waals surface area contributed by atoms with E-state index in [0.717, 1.165) is 36.8 Å². The zero-order valence-corrected chi connectivity index (χ0v) is 12.9. The van der Waals surface area contributed by atoms with Crippen molar-refractivity contribution in [2.45, 2.75) is 33.7 Å². The molecular weight excluding hydrogens is 254 g/mol. The molecule has 0 aliphatic heterocycles. The summed E-state index contributed by atoms with van der Waals surface area (Å²) in [7, 11) is 1.64. The summed E-state index contributed by atoms with van der Waals surface area (Å²) < 4.78 is 0. The number of hydrogen-bond donors (Lipinski definition) is 2. The van der Waals surface area contributed by atoms with Crippen molar-refractivity contribution in [3.63, 3.8) is 0 Å². The van der Waals surface area contributed by atoms with Gasteiger partial charge in [-0.2, -0.15) is 0 Å². The number of amides is 1. The first-order valence-electron chi connectivity index (χ1n) is 7.10. The second-order valence-electron chi connectivity index (χ2n) is 4.71. The Kier molecular flexibility index (Phi) is 6.93. The van der Waals surface area contributed by atoms with Crippen LogP contribution in [0.2, 0.25) is 0 Å². The lowest BCUT2D eigenvalue weighted by Gasteiger charge is -2.19. The van der Waals surface area contributed by atoms with Crippen LogP contribution in [0.25, 0.3) is 0 Å². The molecule has 2 N–H and O–H groups in total. The molecular formula is C14H25N5O. The van der Waals surface area contributed by atoms with E-state index < -0.39 is 0 Å². The van der Waals surface area contributed by atoms with E-state index in [4.69, 9.17) is 0 Å². The van der Waals surface area contributed by atoms with E-state index in [2.05, 4.69) is 27.5 Å². The van der Waals surface area contributed by atoms with Crippen LogP contribution in [-0.4, -0.2) is 47.5 Å². The summed E-state index contributed by atoms with van der Waals surface area (Å²) in [4.78, 5) is 22.4. The number of likely N-dealkylation sites (N-methyl/N-ethyl adjacent to an activating group) is 2. The predicted molar refractivity (Wildman–Crippen MR) is 80.6 cm³/mol. The fraction of sp³-hybridized carbons (Fsp3) is 0.643. The zero-order chi connectivity index (χ0) is 15.0. The van der Waals surface area contributed by atoms with Crippen LogP contribution < -0.4 is 10.6 Å². The smallest absolute Gasteiger partial charge is 0.233 e. The summed E-state index contributed by atoms with van der Waals surface area (Å²) in [6.07, 6.45) is 1.05. The Hall–Kier alpha value is -1.69. The van der Waals surface area contributed by atoms with Gasteiger partial charge in [-0.05, 0) is 19.9 Å². The number of carbonyl (C=O) groups is 1. The van der Waals surface area contributed by atoms with E-state index in [9.17, 15) is 4.79 Å². The van der Waals surface area contributed by atoms with Crippen LogP contribution in [0, 0.1) is 6.92 Å². The van der Waals surface area contributed by atoms with Gasteiger partial charge in [0.1, 0.15) is 11.6 Å². The highest BCUT2D eigenvalue weighted by Crippen LogP contribution is 2.08. The van der Waals surface area contributed by atoms with Gasteiger partial charge < -0.3 is 10.6 Å². The maximum Gasteiger partial charge on any atom is 0.233 e. The van der Waals surface area contributed by atoms with Crippen molar-refractivity contribution in [1.82, 2.24) is 20.2 Å². The highest BCUT2D eigenvalue weighted by Gasteiger charge is 2.11. The SMILES string of the molecule is CCCNc1cc(C)nc(CN(CC)CC(=O)NC)n1. The molecule has 0 spiro atoms. The molecule has 6 heteroatoms. The second-order valence-corrected chi connectivity index (χ2v) is 4.71. The summed E-state index contributed by atoms with van der Waals surface area (Å²) in [5.74, 6) is 1.60. The fourth-order valence-electron chi connectivity index (χ4n) is 1.81. The van der Waals surface area contributed by atoms with Crippen LogP contribution in [-0.2, 0) is 11.3 Å². The molecule has 0 unspecified atom stereocenters. The molecule has 0 aromatic carbocycles. The Morgan fingerprint density at radius 1 is 1.35 bits per heavy atom. The Balaban J connectivity index is 2.73. The molecule has 0 bridgehead atoms. The van der Waals surface area contributed by atoms with E-state index in [0.29, 0.717) is 13.1 Å². The molecule has 0 aliphatic carbocycles. The minimum atomic E-state index is 0.00355. The zero-order valence-electron chi connectivity index (χ0n) is 12.9. The lowest BCUT2D eigenvalue weighted by Crippen LogP contribution is -2.35. The quantitative estimate of drug-likeness (QED) is 0.747. The van der Waals surface area contributed by atoms with E-state index in [1.807, 2.05) is 24.8 Å². The topological polar surface area (TPSA) is 70.2 Å². The molecule has 0 aliphatic rings. The van der Waals surface area contributed by atoms with Gasteiger partial charge in [0, 0.05) is 25.4 Å². The van der Waals surface area contributed by atoms with E-state index in [1.54, 1.807) is 7.05 Å². The number of hydrogen-bond acceptors (Lipinski definition) is 5. The third-order valence-electron chi connectivity index (χ3n) is 2.91. The molecule has 0 atom stereocenters. The summed E-state index contributed by atoms with van der Waals surface area (Å²) in [5, 5.41) is 5.90. The second kappa shape index (κ2) is 8.47. The molecule has 1 amide bonds. The van der Waals surface area contributed by atoms with Crippen LogP contribution in [0.3, 0.4) is 0 Å². The first-order valence-corrected chi connectivity index (χ1v) is 7.10. The minimum absolute atomic E-state index is 0.00355. The van der Waals surface area contributed by atoms with Crippen LogP contribution >= 0.6 is 0 Å². The van der Waals surface area contributed by atoms with Crippen molar-refractivity contribution in [2.75, 3.05) is 32.0 Å². The number of rotatable bonds is 8. The van der Waals surface area contributed by atoms with Crippen molar-refractivity contribution in [3.8, 4) is 0 Å². The van der Waals surface area contributed by atoms with Gasteiger partial charge in [-0.15, -0.1) is 0 Å². The molecule has 0 saturated heterocycles. The first-order chi connectivity index (χ1) is 9.58. The third kappa shape index (κ3) is 5.52. The average molecular weight is 279 g/mol. The van der Waals surface area contributed by atoms with Gasteiger partial charge in [-0.25, -0.2) is 9.97 Å². The summed E-state index contributed by atoms with van der Waals surface area (Å²) in [5.41, 5.74) is 0.935. The molecule has 1 aromatic heterocycles. The van der Waals surface area contributed by atoms with Crippen molar-refractivity contribution >= 4 is 11.7 Å². The van der Waals surface area contributed by atoms with Gasteiger partial charge in [0.15, 0.2) is 0 Å². The van der Waals surface area contributed by atoms with Crippen molar-refractivity contribution in [3.05, 3.63) is 17.6 Å². The number of anilines is 1. The van der Waals surface area contributed by atoms with Crippen molar-refractivity contribution < 1.29 is 4.79 Å². The molecule has 0 radical (unpaired) electrons. The Bertz CT molecular complexity index is 436. The van der Waals surface area contributed by atoms with Gasteiger partial charge >= 0.3 is 0 Å². The summed E-state index contributed by atoms with van der Waals surface area (Å²) in [6.45, 7) is 8.71. The van der Waals surface area contributed by atoms with Crippen LogP contribution in [0.15, 0.2) is 6.07 Å². The largest absolute Gasteiger partial charge is 0.370 e. The number of carbonyl (C=O) groups excluding carboxylic acids is 1. The highest BCUT2D eigenvalue weighted by atomic mass is 16.1. The van der Waals surface area contributed by atoms with E-state index in [-0.39, 0.29) is 5.91 Å². The normalized spacial score (nSPS) is 10.7. The molecule has 1 aromatic rings. The molecule has 1 heterocycles. The maximum absolute atomic E-state index is 11.4. The van der Waals surface area contributed by atoms with Crippen LogP contribution in [0.4, 0.5) is 5.82 Å². The van der Waals surface area contributed by atoms with Gasteiger partial charge in [0.25, 0.3) is 0 Å². The molecule has 6 nitrogen and oxygen atoms in total. The van der Waals surface area contributed by atoms with E-state index >= 15 is 0 Å². The molecule has 112 valence electrons. The lowest BCUT2D eigenvalue weighted by atomic mass is 10.3. The van der Waals surface area contributed by atoms with Gasteiger partial charge in [0.05, 0.1) is 13.1 Å². The number of nitrogens with zero attached hydrogens (tertiary/aromatic N) is 3. The highest BCUT2D eigenvalue weighted by molar-refractivity contribution is 5.77. The summed E-state index contributed by atoms with van der Waals surface area (Å²) in [6, 6.07) is 1.94. The molecule has 0 saturated carbocycles. The predicted octanol–water partition coefficient (Wildman–Crippen LogP) is 1.17. The summed E-state index contributed by atoms with van der Waals surface area (Å²) >= 11 is 0. The van der Waals surface area contributed by atoms with E-state index in [1.165, 1.54) is 0 Å². The van der Waals surface area contributed by atoms with Crippen molar-refractivity contribution in [1.29, 1.82) is 0 Å². The number of nitrogens with one attached hydrogen (secondary N) is 2. The Morgan fingerprint density at radius 3 is 2.70 bits per heavy atom. The maximum atomic E-state index is 11.4. The number of aromatic nitrogens is 2. The molecule has 0 fully saturated rings. The Labute approximate surface area is 121 Å². The van der Waals surface area contributed by atoms with Crippen LogP contribution in [0.1, 0.15) is 31.8 Å². The first kappa shape index (κ1) is 16.4. The standard InChI is InChI=1S/C14H25N5O/c1-5-7-16-12-8-11(3)17-13(18-12)9-19(6-2)10-14(20)15-4/h8H,5-7,9-10H2,1-4H3,(H,15,20)(H,16,17,18). The van der Waals surface area contributed by atoms with Crippen molar-refractivity contribution in [2.24, 2.45) is 0 Å². The van der Waals surface area contributed by atoms with Crippen LogP contribution in [0.5, 0.6) is 0 Å². The minimum Gasteiger partial charge on any atom is -0.370 e. The Morgan fingerprint density at radius 2 is 2.10 bits per heavy atom. The van der Waals surface area contributed by atoms with Gasteiger partial charge in [-0.3, -0.25) is 9.69 Å². The fourth-order valence-corrected chi connectivity index (χ4v) is 1.81. The third-order valence-corrected chi connectivity index (χ3v) is 2.91. The lowest BCUT2D eigenvalue weighted by molar-refractivity contribution is -0.121.